The van der Waals surface area contributed by atoms with Crippen LogP contribution in [0.5, 0.6) is 0 Å². The fourth-order valence-corrected chi connectivity index (χ4v) is 5.63. The highest BCUT2D eigenvalue weighted by molar-refractivity contribution is 6.30. The Hall–Kier alpha value is -4.25. The van der Waals surface area contributed by atoms with Crippen molar-refractivity contribution in [2.45, 2.75) is 37.6 Å². The SMILES string of the molecule is Nc1n[nH]c2c1CN(C(=O)N[C@@H](Cc1ccccc1)C(=O)N1CCC3(C1)OC(=O)Nc1ccc(Cl)cc13)C2. The summed E-state index contributed by atoms with van der Waals surface area (Å²) in [6.07, 6.45) is 0.148. The van der Waals surface area contributed by atoms with Crippen molar-refractivity contribution in [2.24, 2.45) is 0 Å². The van der Waals surface area contributed by atoms with E-state index in [9.17, 15) is 14.4 Å². The summed E-state index contributed by atoms with van der Waals surface area (Å²) < 4.78 is 5.78. The summed E-state index contributed by atoms with van der Waals surface area (Å²) in [7, 11) is 0. The Bertz CT molecular complexity index is 1430. The van der Waals surface area contributed by atoms with Crippen molar-refractivity contribution >= 4 is 41.1 Å². The molecule has 11 nitrogen and oxygen atoms in total. The standard InChI is InChI=1S/C26H26ClN7O4/c27-16-6-7-19-18(11-16)26(38-25(37)30-19)8-9-33(14-26)23(35)20(10-15-4-2-1-3-5-15)29-24(36)34-12-17-21(13-34)31-32-22(17)28/h1-7,11,20H,8-10,12-14H2,(H,29,36)(H,30,37)(H3,28,31,32)/t20-,26?/m0/s1. The van der Waals surface area contributed by atoms with Crippen LogP contribution in [-0.4, -0.2) is 57.2 Å². The Morgan fingerprint density at radius 2 is 2.00 bits per heavy atom. The highest BCUT2D eigenvalue weighted by Gasteiger charge is 2.49. The second-order valence-corrected chi connectivity index (χ2v) is 10.3. The largest absolute Gasteiger partial charge is 0.436 e. The molecular weight excluding hydrogens is 510 g/mol. The highest BCUT2D eigenvalue weighted by Crippen LogP contribution is 2.44. The number of aromatic amines is 1. The van der Waals surface area contributed by atoms with Crippen LogP contribution in [0.1, 0.15) is 28.8 Å². The molecule has 1 spiro atoms. The van der Waals surface area contributed by atoms with Gasteiger partial charge in [0.1, 0.15) is 6.04 Å². The number of benzene rings is 2. The van der Waals surface area contributed by atoms with Gasteiger partial charge in [-0.25, -0.2) is 9.59 Å². The summed E-state index contributed by atoms with van der Waals surface area (Å²) in [5.41, 5.74) is 8.71. The monoisotopic (exact) mass is 535 g/mol. The molecule has 4 amide bonds. The Balaban J connectivity index is 1.23. The van der Waals surface area contributed by atoms with Gasteiger partial charge < -0.3 is 25.6 Å². The number of hydrogen-bond acceptors (Lipinski definition) is 6. The molecule has 3 aliphatic heterocycles. The molecule has 196 valence electrons. The van der Waals surface area contributed by atoms with Crippen molar-refractivity contribution in [3.63, 3.8) is 0 Å². The van der Waals surface area contributed by atoms with Crippen LogP contribution in [0.4, 0.5) is 21.1 Å². The third-order valence-corrected chi connectivity index (χ3v) is 7.62. The molecule has 3 aromatic rings. The van der Waals surface area contributed by atoms with Gasteiger partial charge in [-0.15, -0.1) is 0 Å². The number of H-pyrrole nitrogens is 1. The first-order valence-corrected chi connectivity index (χ1v) is 12.7. The van der Waals surface area contributed by atoms with Crippen LogP contribution in [0.3, 0.4) is 0 Å². The van der Waals surface area contributed by atoms with Gasteiger partial charge in [-0.3, -0.25) is 15.2 Å². The van der Waals surface area contributed by atoms with E-state index in [0.717, 1.165) is 22.4 Å². The first-order chi connectivity index (χ1) is 18.3. The molecule has 6 rings (SSSR count). The quantitative estimate of drug-likeness (QED) is 0.404. The number of hydrogen-bond donors (Lipinski definition) is 4. The number of fused-ring (bicyclic) bond motifs is 3. The number of aromatic nitrogens is 2. The van der Waals surface area contributed by atoms with Crippen molar-refractivity contribution in [3.8, 4) is 0 Å². The summed E-state index contributed by atoms with van der Waals surface area (Å²) >= 11 is 6.25. The number of nitrogens with one attached hydrogen (secondary N) is 3. The van der Waals surface area contributed by atoms with E-state index < -0.39 is 17.7 Å². The number of carbonyl (C=O) groups excluding carboxylic acids is 3. The molecule has 5 N–H and O–H groups in total. The molecule has 1 aromatic heterocycles. The van der Waals surface area contributed by atoms with E-state index in [1.165, 1.54) is 0 Å². The van der Waals surface area contributed by atoms with Crippen molar-refractivity contribution < 1.29 is 19.1 Å². The van der Waals surface area contributed by atoms with Crippen LogP contribution in [0.2, 0.25) is 5.02 Å². The molecular formula is C26H26ClN7O4. The fourth-order valence-electron chi connectivity index (χ4n) is 5.46. The van der Waals surface area contributed by atoms with E-state index >= 15 is 0 Å². The number of nitrogens with two attached hydrogens (primary N) is 1. The number of rotatable bonds is 4. The first-order valence-electron chi connectivity index (χ1n) is 12.3. The molecule has 12 heteroatoms. The van der Waals surface area contributed by atoms with Gasteiger partial charge in [0.25, 0.3) is 0 Å². The number of nitrogen functional groups attached to an aromatic ring is 1. The molecule has 1 fully saturated rings. The third kappa shape index (κ3) is 4.28. The number of likely N-dealkylation sites (tertiary alicyclic amines) is 1. The number of ether oxygens (including phenoxy) is 1. The van der Waals surface area contributed by atoms with Crippen molar-refractivity contribution in [3.05, 3.63) is 75.9 Å². The summed E-state index contributed by atoms with van der Waals surface area (Å²) in [6.45, 7) is 1.15. The van der Waals surface area contributed by atoms with Gasteiger partial charge in [-0.05, 0) is 23.8 Å². The van der Waals surface area contributed by atoms with E-state index in [0.29, 0.717) is 49.0 Å². The van der Waals surface area contributed by atoms with Crippen LogP contribution in [0.25, 0.3) is 0 Å². The molecule has 0 radical (unpaired) electrons. The first kappa shape index (κ1) is 24.1. The van der Waals surface area contributed by atoms with Gasteiger partial charge in [0.15, 0.2) is 11.4 Å². The second-order valence-electron chi connectivity index (χ2n) is 9.82. The molecule has 0 saturated carbocycles. The van der Waals surface area contributed by atoms with Gasteiger partial charge in [0.2, 0.25) is 5.91 Å². The lowest BCUT2D eigenvalue weighted by atomic mass is 9.90. The molecule has 38 heavy (non-hydrogen) atoms. The average molecular weight is 536 g/mol. The zero-order valence-corrected chi connectivity index (χ0v) is 21.1. The maximum absolute atomic E-state index is 13.9. The second kappa shape index (κ2) is 9.25. The topological polar surface area (TPSA) is 146 Å². The minimum absolute atomic E-state index is 0.157. The zero-order chi connectivity index (χ0) is 26.4. The summed E-state index contributed by atoms with van der Waals surface area (Å²) in [5.74, 6) is 0.114. The van der Waals surface area contributed by atoms with Crippen LogP contribution in [0.15, 0.2) is 48.5 Å². The van der Waals surface area contributed by atoms with Crippen LogP contribution in [-0.2, 0) is 34.6 Å². The van der Waals surface area contributed by atoms with Gasteiger partial charge in [0, 0.05) is 35.5 Å². The van der Waals surface area contributed by atoms with Crippen LogP contribution in [0, 0.1) is 0 Å². The van der Waals surface area contributed by atoms with Crippen molar-refractivity contribution in [1.29, 1.82) is 0 Å². The Kier molecular flexibility index (Phi) is 5.87. The van der Waals surface area contributed by atoms with E-state index in [-0.39, 0.29) is 18.5 Å². The van der Waals surface area contributed by atoms with Gasteiger partial charge in [-0.1, -0.05) is 41.9 Å². The summed E-state index contributed by atoms with van der Waals surface area (Å²) in [6, 6.07) is 13.5. The van der Waals surface area contributed by atoms with E-state index in [1.807, 2.05) is 30.3 Å². The molecule has 0 bridgehead atoms. The van der Waals surface area contributed by atoms with E-state index in [4.69, 9.17) is 22.1 Å². The van der Waals surface area contributed by atoms with Gasteiger partial charge >= 0.3 is 12.1 Å². The predicted octanol–water partition coefficient (Wildman–Crippen LogP) is 2.97. The molecule has 2 aromatic carbocycles. The molecule has 4 heterocycles. The molecule has 1 unspecified atom stereocenters. The number of anilines is 2. The molecule has 3 aliphatic rings. The number of nitrogens with zero attached hydrogens (tertiary/aromatic N) is 3. The summed E-state index contributed by atoms with van der Waals surface area (Å²) in [5, 5.41) is 13.0. The zero-order valence-electron chi connectivity index (χ0n) is 20.4. The van der Waals surface area contributed by atoms with Crippen molar-refractivity contribution in [2.75, 3.05) is 24.1 Å². The Morgan fingerprint density at radius 1 is 1.18 bits per heavy atom. The van der Waals surface area contributed by atoms with Crippen molar-refractivity contribution in [1.82, 2.24) is 25.3 Å². The Morgan fingerprint density at radius 3 is 2.79 bits per heavy atom. The van der Waals surface area contributed by atoms with E-state index in [2.05, 4.69) is 20.8 Å². The average Bonchev–Trinajstić information content (AvgIpc) is 3.61. The number of amides is 4. The summed E-state index contributed by atoms with van der Waals surface area (Å²) in [4.78, 5) is 42.7. The molecule has 0 aliphatic carbocycles. The maximum atomic E-state index is 13.9. The minimum Gasteiger partial charge on any atom is -0.436 e. The third-order valence-electron chi connectivity index (χ3n) is 7.39. The lowest BCUT2D eigenvalue weighted by Crippen LogP contribution is -2.53. The normalized spacial score (nSPS) is 20.5. The minimum atomic E-state index is -1.01. The fraction of sp³-hybridized carbons (Fsp3) is 0.308. The smallest absolute Gasteiger partial charge is 0.412 e. The maximum Gasteiger partial charge on any atom is 0.412 e. The van der Waals surface area contributed by atoms with Gasteiger partial charge in [-0.2, -0.15) is 5.10 Å². The number of halogens is 1. The van der Waals surface area contributed by atoms with Crippen LogP contribution < -0.4 is 16.4 Å². The van der Waals surface area contributed by atoms with Crippen LogP contribution >= 0.6 is 11.6 Å². The lowest BCUT2D eigenvalue weighted by Gasteiger charge is -2.35. The number of urea groups is 1. The molecule has 1 saturated heterocycles. The van der Waals surface area contributed by atoms with E-state index in [1.54, 1.807) is 28.0 Å². The molecule has 2 atom stereocenters. The lowest BCUT2D eigenvalue weighted by molar-refractivity contribution is -0.133. The number of carbonyl (C=O) groups is 3. The van der Waals surface area contributed by atoms with Gasteiger partial charge in [0.05, 0.1) is 31.0 Å². The predicted molar refractivity (Wildman–Crippen MR) is 139 cm³/mol. The highest BCUT2D eigenvalue weighted by atomic mass is 35.5. The Labute approximate surface area is 223 Å².